The van der Waals surface area contributed by atoms with E-state index in [2.05, 4.69) is 17.1 Å². The topological polar surface area (TPSA) is 86.7 Å². The van der Waals surface area contributed by atoms with E-state index < -0.39 is 4.92 Å². The molecule has 0 saturated carbocycles. The van der Waals surface area contributed by atoms with Gasteiger partial charge in [-0.05, 0) is 30.7 Å². The van der Waals surface area contributed by atoms with Crippen LogP contribution < -0.4 is 4.80 Å². The van der Waals surface area contributed by atoms with Gasteiger partial charge in [0, 0.05) is 37.5 Å². The van der Waals surface area contributed by atoms with Crippen LogP contribution in [0, 0.1) is 10.1 Å². The molecule has 0 fully saturated rings. The molecule has 0 aliphatic heterocycles. The Labute approximate surface area is 188 Å². The van der Waals surface area contributed by atoms with E-state index in [4.69, 9.17) is 4.74 Å². The Morgan fingerprint density at radius 3 is 2.81 bits per heavy atom. The molecule has 1 aromatic heterocycles. The van der Waals surface area contributed by atoms with Gasteiger partial charge in [0.1, 0.15) is 0 Å². The van der Waals surface area contributed by atoms with E-state index in [-0.39, 0.29) is 11.6 Å². The van der Waals surface area contributed by atoms with Crippen LogP contribution in [0.3, 0.4) is 0 Å². The van der Waals surface area contributed by atoms with Crippen LogP contribution in [0.5, 0.6) is 0 Å². The number of rotatable bonds is 11. The number of carbonyl (C=O) groups is 1. The first-order chi connectivity index (χ1) is 15.1. The number of amides is 1. The van der Waals surface area contributed by atoms with E-state index in [0.717, 1.165) is 28.1 Å². The van der Waals surface area contributed by atoms with E-state index in [9.17, 15) is 14.9 Å². The van der Waals surface area contributed by atoms with Crippen molar-refractivity contribution in [1.29, 1.82) is 0 Å². The van der Waals surface area contributed by atoms with Crippen molar-refractivity contribution in [3.8, 4) is 0 Å². The second-order valence-corrected chi connectivity index (χ2v) is 8.90. The molecule has 0 aliphatic carbocycles. The molecule has 0 aliphatic rings. The van der Waals surface area contributed by atoms with Gasteiger partial charge in [-0.25, -0.2) is 0 Å². The number of benzene rings is 2. The van der Waals surface area contributed by atoms with Crippen molar-refractivity contribution in [1.82, 2.24) is 4.57 Å². The van der Waals surface area contributed by atoms with Gasteiger partial charge in [0.2, 0.25) is 5.91 Å². The van der Waals surface area contributed by atoms with Gasteiger partial charge in [-0.1, -0.05) is 41.7 Å². The highest BCUT2D eigenvalue weighted by Crippen LogP contribution is 2.23. The van der Waals surface area contributed by atoms with Gasteiger partial charge in [0.25, 0.3) is 5.69 Å². The van der Waals surface area contributed by atoms with Gasteiger partial charge >= 0.3 is 0 Å². The maximum Gasteiger partial charge on any atom is 0.270 e. The summed E-state index contributed by atoms with van der Waals surface area (Å²) in [7, 11) is 0. The quantitative estimate of drug-likeness (QED) is 0.234. The van der Waals surface area contributed by atoms with E-state index in [1.54, 1.807) is 17.8 Å². The van der Waals surface area contributed by atoms with Crippen LogP contribution in [0.1, 0.15) is 25.3 Å². The molecule has 0 N–H and O–H groups in total. The third-order valence-electron chi connectivity index (χ3n) is 4.55. The Hall–Kier alpha value is -2.49. The van der Waals surface area contributed by atoms with Crippen LogP contribution >= 0.6 is 23.1 Å². The summed E-state index contributed by atoms with van der Waals surface area (Å²) >= 11 is 3.10. The van der Waals surface area contributed by atoms with Crippen molar-refractivity contribution in [3.63, 3.8) is 0 Å². The number of nitro benzene ring substituents is 1. The number of ether oxygens (including phenoxy) is 1. The molecule has 2 aromatic carbocycles. The highest BCUT2D eigenvalue weighted by atomic mass is 32.2. The standard InChI is InChI=1S/C22H25N3O4S2/c1-2-29-13-12-24-19-11-10-18(25(27)28)15-20(19)31-22(24)23-21(26)9-6-14-30-16-17-7-4-3-5-8-17/h3-5,7-8,10-11,15H,2,6,9,12-14,16H2,1H3. The van der Waals surface area contributed by atoms with E-state index >= 15 is 0 Å². The van der Waals surface area contributed by atoms with Crippen molar-refractivity contribution in [3.05, 3.63) is 69.0 Å². The highest BCUT2D eigenvalue weighted by molar-refractivity contribution is 7.98. The van der Waals surface area contributed by atoms with Crippen molar-refractivity contribution >= 4 is 44.9 Å². The van der Waals surface area contributed by atoms with Crippen LogP contribution in [0.2, 0.25) is 0 Å². The number of nitro groups is 1. The molecule has 0 atom stereocenters. The Kier molecular flexibility index (Phi) is 8.81. The summed E-state index contributed by atoms with van der Waals surface area (Å²) in [6.45, 7) is 3.53. The van der Waals surface area contributed by atoms with Crippen LogP contribution in [-0.4, -0.2) is 34.4 Å². The zero-order valence-electron chi connectivity index (χ0n) is 17.4. The van der Waals surface area contributed by atoms with Crippen LogP contribution in [0.4, 0.5) is 5.69 Å². The van der Waals surface area contributed by atoms with Crippen molar-refractivity contribution in [2.75, 3.05) is 19.0 Å². The van der Waals surface area contributed by atoms with Crippen molar-refractivity contribution < 1.29 is 14.5 Å². The zero-order valence-corrected chi connectivity index (χ0v) is 19.0. The fourth-order valence-corrected chi connectivity index (χ4v) is 5.06. The molecule has 3 rings (SSSR count). The molecule has 0 radical (unpaired) electrons. The predicted molar refractivity (Wildman–Crippen MR) is 125 cm³/mol. The maximum atomic E-state index is 12.5. The summed E-state index contributed by atoms with van der Waals surface area (Å²) in [6.07, 6.45) is 1.14. The number of nitrogens with zero attached hydrogens (tertiary/aromatic N) is 3. The van der Waals surface area contributed by atoms with E-state index in [0.29, 0.717) is 31.0 Å². The fraction of sp³-hybridized carbons (Fsp3) is 0.364. The minimum Gasteiger partial charge on any atom is -0.380 e. The summed E-state index contributed by atoms with van der Waals surface area (Å²) in [5, 5.41) is 11.1. The first kappa shape index (κ1) is 23.2. The van der Waals surface area contributed by atoms with Crippen LogP contribution in [0.25, 0.3) is 10.2 Å². The lowest BCUT2D eigenvalue weighted by Crippen LogP contribution is -2.19. The normalized spacial score (nSPS) is 11.8. The summed E-state index contributed by atoms with van der Waals surface area (Å²) in [5.74, 6) is 1.64. The molecular weight excluding hydrogens is 434 g/mol. The molecule has 1 amide bonds. The number of hydrogen-bond donors (Lipinski definition) is 0. The molecule has 31 heavy (non-hydrogen) atoms. The number of hydrogen-bond acceptors (Lipinski definition) is 6. The van der Waals surface area contributed by atoms with Gasteiger partial charge in [-0.3, -0.25) is 14.9 Å². The second kappa shape index (κ2) is 11.8. The summed E-state index contributed by atoms with van der Waals surface area (Å²) < 4.78 is 8.09. The van der Waals surface area contributed by atoms with E-state index in [1.807, 2.05) is 29.7 Å². The summed E-state index contributed by atoms with van der Waals surface area (Å²) in [5.41, 5.74) is 2.12. The molecule has 1 heterocycles. The molecule has 0 unspecified atom stereocenters. The van der Waals surface area contributed by atoms with Gasteiger partial charge in [0.15, 0.2) is 4.80 Å². The Bertz CT molecular complexity index is 1090. The zero-order chi connectivity index (χ0) is 22.1. The van der Waals surface area contributed by atoms with Gasteiger partial charge in [-0.2, -0.15) is 16.8 Å². The first-order valence-electron chi connectivity index (χ1n) is 10.1. The average molecular weight is 460 g/mol. The molecule has 0 bridgehead atoms. The molecule has 9 heteroatoms. The van der Waals surface area contributed by atoms with Crippen molar-refractivity contribution in [2.24, 2.45) is 4.99 Å². The SMILES string of the molecule is CCOCCn1c(=NC(=O)CCCSCc2ccccc2)sc2cc([N+](=O)[O-])ccc21. The minimum atomic E-state index is -0.418. The second-order valence-electron chi connectivity index (χ2n) is 6.79. The van der Waals surface area contributed by atoms with Crippen molar-refractivity contribution in [2.45, 2.75) is 32.1 Å². The monoisotopic (exact) mass is 459 g/mol. The number of thioether (sulfide) groups is 1. The molecule has 0 spiro atoms. The van der Waals surface area contributed by atoms with Gasteiger partial charge < -0.3 is 9.30 Å². The third-order valence-corrected chi connectivity index (χ3v) is 6.71. The summed E-state index contributed by atoms with van der Waals surface area (Å²) in [4.78, 5) is 28.0. The molecule has 164 valence electrons. The third kappa shape index (κ3) is 6.75. The predicted octanol–water partition coefficient (Wildman–Crippen LogP) is 4.79. The van der Waals surface area contributed by atoms with Crippen LogP contribution in [-0.2, 0) is 21.8 Å². The van der Waals surface area contributed by atoms with Gasteiger partial charge in [-0.15, -0.1) is 0 Å². The lowest BCUT2D eigenvalue weighted by atomic mass is 10.2. The Morgan fingerprint density at radius 2 is 2.06 bits per heavy atom. The fourth-order valence-electron chi connectivity index (χ4n) is 3.03. The summed E-state index contributed by atoms with van der Waals surface area (Å²) in [6, 6.07) is 15.0. The average Bonchev–Trinajstić information content (AvgIpc) is 3.10. The number of non-ortho nitro benzene ring substituents is 1. The maximum absolute atomic E-state index is 12.5. The number of thiazole rings is 1. The highest BCUT2D eigenvalue weighted by Gasteiger charge is 2.13. The van der Waals surface area contributed by atoms with Gasteiger partial charge in [0.05, 0.1) is 21.7 Å². The first-order valence-corrected chi connectivity index (χ1v) is 12.1. The molecule has 3 aromatic rings. The number of carbonyl (C=O) groups excluding carboxylic acids is 1. The largest absolute Gasteiger partial charge is 0.380 e. The van der Waals surface area contributed by atoms with E-state index in [1.165, 1.54) is 29.0 Å². The Morgan fingerprint density at radius 1 is 1.26 bits per heavy atom. The lowest BCUT2D eigenvalue weighted by molar-refractivity contribution is -0.384. The van der Waals surface area contributed by atoms with Crippen LogP contribution in [0.15, 0.2) is 53.5 Å². The molecular formula is C22H25N3O4S2. The number of aromatic nitrogens is 1. The number of fused-ring (bicyclic) bond motifs is 1. The molecule has 7 nitrogen and oxygen atoms in total. The lowest BCUT2D eigenvalue weighted by Gasteiger charge is -2.05. The molecule has 0 saturated heterocycles. The smallest absolute Gasteiger partial charge is 0.270 e. The Balaban J connectivity index is 1.67. The minimum absolute atomic E-state index is 0.0269.